The number of hydrogen-bond acceptors (Lipinski definition) is 4. The third-order valence-electron chi connectivity index (χ3n) is 2.21. The van der Waals surface area contributed by atoms with Crippen LogP contribution in [0.5, 0.6) is 0 Å². The van der Waals surface area contributed by atoms with Crippen LogP contribution in [0.2, 0.25) is 0 Å². The molecule has 1 aromatic rings. The van der Waals surface area contributed by atoms with Crippen molar-refractivity contribution in [3.8, 4) is 0 Å². The van der Waals surface area contributed by atoms with Crippen LogP contribution in [0.4, 0.5) is 11.4 Å². The Balaban J connectivity index is 2.73. The van der Waals surface area contributed by atoms with E-state index in [1.54, 1.807) is 18.2 Å². The van der Waals surface area contributed by atoms with Gasteiger partial charge in [0.1, 0.15) is 5.69 Å². The highest BCUT2D eigenvalue weighted by Crippen LogP contribution is 2.22. The van der Waals surface area contributed by atoms with Crippen LogP contribution in [0.3, 0.4) is 0 Å². The molecule has 0 radical (unpaired) electrons. The van der Waals surface area contributed by atoms with Gasteiger partial charge in [0.2, 0.25) is 0 Å². The van der Waals surface area contributed by atoms with E-state index in [0.29, 0.717) is 5.69 Å². The van der Waals surface area contributed by atoms with Crippen molar-refractivity contribution >= 4 is 34.4 Å². The van der Waals surface area contributed by atoms with Crippen LogP contribution >= 0.6 is 12.2 Å². The maximum atomic E-state index is 10.8. The lowest BCUT2D eigenvalue weighted by Gasteiger charge is -2.07. The predicted octanol–water partition coefficient (Wildman–Crippen LogP) is 2.67. The molecule has 0 amide bonds. The van der Waals surface area contributed by atoms with Gasteiger partial charge in [-0.15, -0.1) is 0 Å². The lowest BCUT2D eigenvalue weighted by Crippen LogP contribution is -2.25. The van der Waals surface area contributed by atoms with Crippen molar-refractivity contribution in [2.45, 2.75) is 20.3 Å². The van der Waals surface area contributed by atoms with Gasteiger partial charge >= 0.3 is 0 Å². The minimum Gasteiger partial charge on any atom is -0.326 e. The summed E-state index contributed by atoms with van der Waals surface area (Å²) in [6.45, 7) is 3.83. The summed E-state index contributed by atoms with van der Waals surface area (Å²) in [7, 11) is 0. The van der Waals surface area contributed by atoms with Crippen molar-refractivity contribution in [2.24, 2.45) is 5.10 Å². The molecule has 1 aromatic carbocycles. The highest BCUT2D eigenvalue weighted by atomic mass is 32.1. The maximum Gasteiger partial charge on any atom is 0.292 e. The van der Waals surface area contributed by atoms with E-state index in [0.717, 1.165) is 12.1 Å². The Labute approximate surface area is 110 Å². The van der Waals surface area contributed by atoms with Gasteiger partial charge in [-0.05, 0) is 31.6 Å². The Hall–Kier alpha value is -2.02. The molecule has 0 saturated carbocycles. The summed E-state index contributed by atoms with van der Waals surface area (Å²) >= 11 is 5.00. The smallest absolute Gasteiger partial charge is 0.292 e. The van der Waals surface area contributed by atoms with Crippen LogP contribution < -0.4 is 10.7 Å². The second-order valence-electron chi connectivity index (χ2n) is 3.54. The summed E-state index contributed by atoms with van der Waals surface area (Å²) in [5.41, 5.74) is 3.83. The molecule has 1 rings (SSSR count). The van der Waals surface area contributed by atoms with E-state index in [2.05, 4.69) is 15.8 Å². The first kappa shape index (κ1) is 14.0. The van der Waals surface area contributed by atoms with Crippen molar-refractivity contribution in [2.75, 3.05) is 5.32 Å². The molecule has 0 aromatic heterocycles. The zero-order valence-corrected chi connectivity index (χ0v) is 11.0. The standard InChI is InChI=1S/C11H14N4O2S/c1-3-8(2)13-14-11(18)12-9-6-4-5-7-10(9)15(16)17/h4-7H,3H2,1-2H3,(H2,12,14,18)/b13-8-. The Morgan fingerprint density at radius 2 is 2.17 bits per heavy atom. The molecule has 0 aliphatic carbocycles. The van der Waals surface area contributed by atoms with E-state index in [9.17, 15) is 10.1 Å². The summed E-state index contributed by atoms with van der Waals surface area (Å²) in [5, 5.41) is 17.8. The van der Waals surface area contributed by atoms with Gasteiger partial charge in [0.15, 0.2) is 5.11 Å². The highest BCUT2D eigenvalue weighted by Gasteiger charge is 2.12. The number of thiocarbonyl (C=S) groups is 1. The Bertz CT molecular complexity index is 488. The fraction of sp³-hybridized carbons (Fsp3) is 0.273. The molecule has 0 unspecified atom stereocenters. The van der Waals surface area contributed by atoms with E-state index < -0.39 is 4.92 Å². The molecule has 2 N–H and O–H groups in total. The number of nitro groups is 1. The van der Waals surface area contributed by atoms with Crippen LogP contribution in [-0.2, 0) is 0 Å². The van der Waals surface area contributed by atoms with Crippen LogP contribution in [0, 0.1) is 10.1 Å². The van der Waals surface area contributed by atoms with E-state index in [1.165, 1.54) is 6.07 Å². The average molecular weight is 266 g/mol. The van der Waals surface area contributed by atoms with Crippen LogP contribution in [-0.4, -0.2) is 15.7 Å². The highest BCUT2D eigenvalue weighted by molar-refractivity contribution is 7.80. The number of nitro benzene ring substituents is 1. The minimum atomic E-state index is -0.467. The summed E-state index contributed by atoms with van der Waals surface area (Å²) < 4.78 is 0. The number of nitrogens with one attached hydrogen (secondary N) is 2. The number of nitrogens with zero attached hydrogens (tertiary/aromatic N) is 2. The number of anilines is 1. The van der Waals surface area contributed by atoms with Crippen molar-refractivity contribution in [3.63, 3.8) is 0 Å². The summed E-state index contributed by atoms with van der Waals surface area (Å²) in [6.07, 6.45) is 0.807. The van der Waals surface area contributed by atoms with Gasteiger partial charge in [-0.2, -0.15) is 5.10 Å². The molecule has 0 fully saturated rings. The normalized spacial score (nSPS) is 10.9. The van der Waals surface area contributed by atoms with Crippen LogP contribution in [0.1, 0.15) is 20.3 Å². The number of benzene rings is 1. The third-order valence-corrected chi connectivity index (χ3v) is 2.40. The van der Waals surface area contributed by atoms with Gasteiger partial charge in [0.05, 0.1) is 4.92 Å². The SMILES string of the molecule is CC/C(C)=N\NC(=S)Nc1ccccc1[N+](=O)[O-]. The number of hydrogen-bond donors (Lipinski definition) is 2. The Morgan fingerprint density at radius 1 is 1.50 bits per heavy atom. The molecule has 0 atom stereocenters. The average Bonchev–Trinajstić information content (AvgIpc) is 2.36. The Kier molecular flexibility index (Phi) is 5.19. The van der Waals surface area contributed by atoms with Gasteiger partial charge < -0.3 is 5.32 Å². The number of rotatable bonds is 4. The topological polar surface area (TPSA) is 79.6 Å². The molecule has 0 spiro atoms. The molecule has 6 nitrogen and oxygen atoms in total. The number of para-hydroxylation sites is 2. The van der Waals surface area contributed by atoms with E-state index in [1.807, 2.05) is 13.8 Å². The van der Waals surface area contributed by atoms with Crippen molar-refractivity contribution in [1.82, 2.24) is 5.43 Å². The maximum absolute atomic E-state index is 10.8. The van der Waals surface area contributed by atoms with Gasteiger partial charge in [-0.25, -0.2) is 0 Å². The molecule has 0 aliphatic heterocycles. The van der Waals surface area contributed by atoms with Crippen LogP contribution in [0.25, 0.3) is 0 Å². The van der Waals surface area contributed by atoms with Crippen molar-refractivity contribution in [3.05, 3.63) is 34.4 Å². The summed E-state index contributed by atoms with van der Waals surface area (Å²) in [4.78, 5) is 10.3. The molecule has 7 heteroatoms. The third kappa shape index (κ3) is 4.10. The molecule has 0 saturated heterocycles. The fourth-order valence-electron chi connectivity index (χ4n) is 1.11. The van der Waals surface area contributed by atoms with E-state index in [4.69, 9.17) is 12.2 Å². The second kappa shape index (κ2) is 6.65. The molecular formula is C11H14N4O2S. The quantitative estimate of drug-likeness (QED) is 0.379. The summed E-state index contributed by atoms with van der Waals surface area (Å²) in [5.74, 6) is 0. The zero-order chi connectivity index (χ0) is 13.5. The number of hydrazone groups is 1. The van der Waals surface area contributed by atoms with E-state index in [-0.39, 0.29) is 10.8 Å². The lowest BCUT2D eigenvalue weighted by molar-refractivity contribution is -0.383. The van der Waals surface area contributed by atoms with Gasteiger partial charge in [0, 0.05) is 11.8 Å². The summed E-state index contributed by atoms with van der Waals surface area (Å²) in [6, 6.07) is 6.28. The largest absolute Gasteiger partial charge is 0.326 e. The first-order valence-electron chi connectivity index (χ1n) is 5.38. The van der Waals surface area contributed by atoms with Crippen LogP contribution in [0.15, 0.2) is 29.4 Å². The molecule has 0 aliphatic rings. The van der Waals surface area contributed by atoms with Gasteiger partial charge in [0.25, 0.3) is 5.69 Å². The molecule has 18 heavy (non-hydrogen) atoms. The first-order valence-corrected chi connectivity index (χ1v) is 5.79. The van der Waals surface area contributed by atoms with Gasteiger partial charge in [-0.1, -0.05) is 19.1 Å². The van der Waals surface area contributed by atoms with E-state index >= 15 is 0 Å². The Morgan fingerprint density at radius 3 is 2.78 bits per heavy atom. The van der Waals surface area contributed by atoms with Crippen molar-refractivity contribution in [1.29, 1.82) is 0 Å². The molecule has 0 heterocycles. The van der Waals surface area contributed by atoms with Gasteiger partial charge in [-0.3, -0.25) is 15.5 Å². The molecule has 0 bridgehead atoms. The zero-order valence-electron chi connectivity index (χ0n) is 10.1. The van der Waals surface area contributed by atoms with Crippen molar-refractivity contribution < 1.29 is 4.92 Å². The molecule has 96 valence electrons. The monoisotopic (exact) mass is 266 g/mol. The molecular weight excluding hydrogens is 252 g/mol. The fourth-order valence-corrected chi connectivity index (χ4v) is 1.27. The lowest BCUT2D eigenvalue weighted by atomic mass is 10.3. The predicted molar refractivity (Wildman–Crippen MR) is 75.9 cm³/mol. The minimum absolute atomic E-state index is 0.0298. The second-order valence-corrected chi connectivity index (χ2v) is 3.95. The first-order chi connectivity index (χ1) is 8.54.